The van der Waals surface area contributed by atoms with E-state index in [4.69, 9.17) is 0 Å². The molecule has 0 saturated heterocycles. The fourth-order valence-electron chi connectivity index (χ4n) is 2.27. The van der Waals surface area contributed by atoms with Crippen LogP contribution in [0.3, 0.4) is 0 Å². The van der Waals surface area contributed by atoms with Gasteiger partial charge in [0.2, 0.25) is 0 Å². The van der Waals surface area contributed by atoms with Crippen LogP contribution in [0.25, 0.3) is 0 Å². The lowest BCUT2D eigenvalue weighted by Gasteiger charge is -2.25. The van der Waals surface area contributed by atoms with Gasteiger partial charge in [0.15, 0.2) is 0 Å². The smallest absolute Gasteiger partial charge is 0.206 e. The number of thioether (sulfide) groups is 1. The zero-order valence-corrected chi connectivity index (χ0v) is 15.3. The Hall–Kier alpha value is -0.340. The van der Waals surface area contributed by atoms with E-state index in [0.29, 0.717) is 4.21 Å². The van der Waals surface area contributed by atoms with Crippen molar-refractivity contribution in [1.29, 1.82) is 0 Å². The molecule has 0 saturated carbocycles. The standard InChI is InChI=1S/C14H14BrNO2S3/c1-9-8-13(20-14(9)15)21(17,18)16-11-6-7-19-12-5-3-2-4-10(11)12/h2-5,8,11,16H,6-7H2,1H3. The molecule has 0 radical (unpaired) electrons. The van der Waals surface area contributed by atoms with E-state index >= 15 is 0 Å². The first-order valence-electron chi connectivity index (χ1n) is 6.47. The van der Waals surface area contributed by atoms with Crippen LogP contribution in [-0.2, 0) is 10.0 Å². The molecule has 2 heterocycles. The number of hydrogen-bond acceptors (Lipinski definition) is 4. The molecule has 112 valence electrons. The Morgan fingerprint density at radius 1 is 1.33 bits per heavy atom. The van der Waals surface area contributed by atoms with Crippen LogP contribution >= 0.6 is 39.0 Å². The fourth-order valence-corrected chi connectivity index (χ4v) is 6.89. The average molecular weight is 404 g/mol. The molecule has 0 amide bonds. The van der Waals surface area contributed by atoms with Gasteiger partial charge in [-0.3, -0.25) is 0 Å². The van der Waals surface area contributed by atoms with E-state index in [1.165, 1.54) is 16.2 Å². The average Bonchev–Trinajstić information content (AvgIpc) is 2.80. The zero-order chi connectivity index (χ0) is 15.0. The Balaban J connectivity index is 1.90. The molecule has 7 heteroatoms. The van der Waals surface area contributed by atoms with Gasteiger partial charge in [-0.05, 0) is 58.3 Å². The molecule has 3 rings (SSSR count). The lowest BCUT2D eigenvalue weighted by Crippen LogP contribution is -2.30. The van der Waals surface area contributed by atoms with Crippen LogP contribution in [0.1, 0.15) is 23.6 Å². The van der Waals surface area contributed by atoms with Crippen molar-refractivity contribution in [1.82, 2.24) is 4.72 Å². The maximum atomic E-state index is 12.5. The summed E-state index contributed by atoms with van der Waals surface area (Å²) in [6.07, 6.45) is 0.812. The normalized spacial score (nSPS) is 18.5. The van der Waals surface area contributed by atoms with Gasteiger partial charge in [0.05, 0.1) is 3.79 Å². The maximum Gasteiger partial charge on any atom is 0.250 e. The first kappa shape index (κ1) is 15.6. The number of fused-ring (bicyclic) bond motifs is 1. The molecule has 0 fully saturated rings. The van der Waals surface area contributed by atoms with Gasteiger partial charge in [-0.25, -0.2) is 13.1 Å². The highest BCUT2D eigenvalue weighted by Crippen LogP contribution is 2.37. The van der Waals surface area contributed by atoms with E-state index < -0.39 is 10.0 Å². The first-order valence-corrected chi connectivity index (χ1v) is 10.6. The number of benzene rings is 1. The molecule has 21 heavy (non-hydrogen) atoms. The van der Waals surface area contributed by atoms with E-state index in [1.54, 1.807) is 17.8 Å². The van der Waals surface area contributed by atoms with Crippen LogP contribution in [-0.4, -0.2) is 14.2 Å². The molecule has 0 aliphatic carbocycles. The third-order valence-electron chi connectivity index (χ3n) is 3.36. The van der Waals surface area contributed by atoms with Crippen molar-refractivity contribution in [2.75, 3.05) is 5.75 Å². The van der Waals surface area contributed by atoms with E-state index in [0.717, 1.165) is 27.1 Å². The molecule has 1 aromatic carbocycles. The quantitative estimate of drug-likeness (QED) is 0.828. The number of sulfonamides is 1. The largest absolute Gasteiger partial charge is 0.250 e. The van der Waals surface area contributed by atoms with Gasteiger partial charge in [-0.2, -0.15) is 0 Å². The van der Waals surface area contributed by atoms with Crippen molar-refractivity contribution < 1.29 is 8.42 Å². The van der Waals surface area contributed by atoms with E-state index in [9.17, 15) is 8.42 Å². The summed E-state index contributed by atoms with van der Waals surface area (Å²) in [5.74, 6) is 0.928. The summed E-state index contributed by atoms with van der Waals surface area (Å²) in [4.78, 5) is 1.17. The number of nitrogens with one attached hydrogen (secondary N) is 1. The first-order chi connectivity index (χ1) is 9.97. The highest BCUT2D eigenvalue weighted by Gasteiger charge is 2.27. The summed E-state index contributed by atoms with van der Waals surface area (Å²) in [6.45, 7) is 1.89. The predicted octanol–water partition coefficient (Wildman–Crippen LogP) is 4.33. The molecule has 1 aliphatic heterocycles. The van der Waals surface area contributed by atoms with Crippen molar-refractivity contribution in [2.24, 2.45) is 0 Å². The van der Waals surface area contributed by atoms with Gasteiger partial charge in [0.25, 0.3) is 10.0 Å². The SMILES string of the molecule is Cc1cc(S(=O)(=O)NC2CCSc3ccccc32)sc1Br. The molecule has 0 spiro atoms. The molecular formula is C14H14BrNO2S3. The van der Waals surface area contributed by atoms with Gasteiger partial charge in [0, 0.05) is 10.9 Å². The second-order valence-electron chi connectivity index (χ2n) is 4.87. The molecule has 1 aliphatic rings. The Bertz CT molecular complexity index is 751. The zero-order valence-electron chi connectivity index (χ0n) is 11.3. The van der Waals surface area contributed by atoms with Gasteiger partial charge in [-0.1, -0.05) is 18.2 Å². The third kappa shape index (κ3) is 3.22. The predicted molar refractivity (Wildman–Crippen MR) is 91.6 cm³/mol. The minimum atomic E-state index is -3.48. The topological polar surface area (TPSA) is 46.2 Å². The van der Waals surface area contributed by atoms with Crippen molar-refractivity contribution >= 4 is 49.1 Å². The van der Waals surface area contributed by atoms with Gasteiger partial charge in [0.1, 0.15) is 4.21 Å². The Morgan fingerprint density at radius 2 is 2.10 bits per heavy atom. The second kappa shape index (κ2) is 6.04. The van der Waals surface area contributed by atoms with Crippen LogP contribution in [0.15, 0.2) is 43.2 Å². The number of rotatable bonds is 3. The molecule has 1 atom stereocenters. The maximum absolute atomic E-state index is 12.5. The summed E-state index contributed by atoms with van der Waals surface area (Å²) in [5, 5.41) is 0. The summed E-state index contributed by atoms with van der Waals surface area (Å²) in [5.41, 5.74) is 2.02. The Morgan fingerprint density at radius 3 is 2.81 bits per heavy atom. The van der Waals surface area contributed by atoms with Gasteiger partial charge < -0.3 is 0 Å². The number of halogens is 1. The lowest BCUT2D eigenvalue weighted by molar-refractivity contribution is 0.547. The van der Waals surface area contributed by atoms with Crippen LogP contribution in [0.5, 0.6) is 0 Å². The van der Waals surface area contributed by atoms with Gasteiger partial charge >= 0.3 is 0 Å². The highest BCUT2D eigenvalue weighted by atomic mass is 79.9. The molecule has 2 aromatic rings. The van der Waals surface area contributed by atoms with Crippen molar-refractivity contribution in [3.05, 3.63) is 45.2 Å². The molecule has 1 unspecified atom stereocenters. The second-order valence-corrected chi connectivity index (χ2v) is 10.3. The summed E-state index contributed by atoms with van der Waals surface area (Å²) in [6, 6.07) is 9.56. The third-order valence-corrected chi connectivity index (χ3v) is 8.56. The van der Waals surface area contributed by atoms with Crippen LogP contribution in [0.2, 0.25) is 0 Å². The number of thiophene rings is 1. The van der Waals surface area contributed by atoms with E-state index in [1.807, 2.05) is 31.2 Å². The summed E-state index contributed by atoms with van der Waals surface area (Å²) >= 11 is 6.42. The minimum absolute atomic E-state index is 0.145. The minimum Gasteiger partial charge on any atom is -0.206 e. The van der Waals surface area contributed by atoms with Crippen LogP contribution in [0.4, 0.5) is 0 Å². The summed E-state index contributed by atoms with van der Waals surface area (Å²) in [7, 11) is -3.48. The molecule has 1 aromatic heterocycles. The van der Waals surface area contributed by atoms with Crippen molar-refractivity contribution in [2.45, 2.75) is 28.5 Å². The number of aryl methyl sites for hydroxylation is 1. The highest BCUT2D eigenvalue weighted by molar-refractivity contribution is 9.11. The monoisotopic (exact) mass is 403 g/mol. The van der Waals surface area contributed by atoms with Crippen LogP contribution in [0, 0.1) is 6.92 Å². The van der Waals surface area contributed by atoms with E-state index in [2.05, 4.69) is 20.7 Å². The fraction of sp³-hybridized carbons (Fsp3) is 0.286. The lowest BCUT2D eigenvalue weighted by atomic mass is 10.1. The van der Waals surface area contributed by atoms with Crippen molar-refractivity contribution in [3.63, 3.8) is 0 Å². The van der Waals surface area contributed by atoms with Crippen LogP contribution < -0.4 is 4.72 Å². The molecule has 0 bridgehead atoms. The molecule has 1 N–H and O–H groups in total. The molecular weight excluding hydrogens is 390 g/mol. The molecule has 3 nitrogen and oxygen atoms in total. The number of hydrogen-bond donors (Lipinski definition) is 1. The van der Waals surface area contributed by atoms with Gasteiger partial charge in [-0.15, -0.1) is 23.1 Å². The Labute approximate surface area is 141 Å². The van der Waals surface area contributed by atoms with Crippen molar-refractivity contribution in [3.8, 4) is 0 Å². The summed E-state index contributed by atoms with van der Waals surface area (Å²) < 4.78 is 29.2. The Kier molecular flexibility index (Phi) is 4.47. The van der Waals surface area contributed by atoms with E-state index in [-0.39, 0.29) is 6.04 Å².